The molecule has 1 aromatic carbocycles. The van der Waals surface area contributed by atoms with E-state index in [1.807, 2.05) is 0 Å². The molecule has 0 fully saturated rings. The molecule has 0 aromatic heterocycles. The van der Waals surface area contributed by atoms with E-state index >= 15 is 0 Å². The minimum atomic E-state index is -0.743. The van der Waals surface area contributed by atoms with E-state index < -0.39 is 10.2 Å². The maximum atomic E-state index is 10.8. The molecule has 74 valence electrons. The zero-order valence-corrected chi connectivity index (χ0v) is 8.59. The molecule has 0 spiro atoms. The quantitative estimate of drug-likeness (QED) is 0.449. The van der Waals surface area contributed by atoms with Crippen LogP contribution in [0, 0.1) is 17.0 Å². The topological polar surface area (TPSA) is 60.2 Å². The van der Waals surface area contributed by atoms with Crippen molar-refractivity contribution in [3.05, 3.63) is 38.4 Å². The van der Waals surface area contributed by atoms with Crippen molar-refractivity contribution in [3.8, 4) is 0 Å². The molecule has 0 atom stereocenters. The van der Waals surface area contributed by atoms with Crippen LogP contribution in [0.5, 0.6) is 0 Å². The van der Waals surface area contributed by atoms with Crippen LogP contribution < -0.4 is 0 Å². The second kappa shape index (κ2) is 3.94. The van der Waals surface area contributed by atoms with Crippen molar-refractivity contribution in [3.63, 3.8) is 0 Å². The first-order chi connectivity index (χ1) is 6.43. The largest absolute Gasteiger partial charge is 0.288 e. The van der Waals surface area contributed by atoms with Gasteiger partial charge in [-0.3, -0.25) is 14.9 Å². The number of halogens is 2. The lowest BCUT2D eigenvalue weighted by Gasteiger charge is -2.01. The average molecular weight is 234 g/mol. The standard InChI is InChI=1S/C8H5Cl2NO3/c1-4-2-5(8(10)12)3-6(7(4)9)11(13)14/h2-3H,1H3. The van der Waals surface area contributed by atoms with Crippen LogP contribution in [0.3, 0.4) is 0 Å². The highest BCUT2D eigenvalue weighted by atomic mass is 35.5. The lowest BCUT2D eigenvalue weighted by molar-refractivity contribution is -0.384. The number of nitrogens with zero attached hydrogens (tertiary/aromatic N) is 1. The van der Waals surface area contributed by atoms with Crippen LogP contribution in [0.25, 0.3) is 0 Å². The Bertz CT molecular complexity index is 417. The van der Waals surface area contributed by atoms with Gasteiger partial charge in [-0.05, 0) is 30.2 Å². The molecule has 1 aromatic rings. The Labute approximate surface area is 89.6 Å². The van der Waals surface area contributed by atoms with E-state index in [1.165, 1.54) is 6.07 Å². The lowest BCUT2D eigenvalue weighted by Crippen LogP contribution is -1.96. The summed E-state index contributed by atoms with van der Waals surface area (Å²) in [5.41, 5.74) is 0.209. The van der Waals surface area contributed by atoms with E-state index in [-0.39, 0.29) is 16.3 Å². The molecule has 6 heteroatoms. The van der Waals surface area contributed by atoms with Gasteiger partial charge in [0.15, 0.2) is 0 Å². The summed E-state index contributed by atoms with van der Waals surface area (Å²) in [7, 11) is 0. The van der Waals surface area contributed by atoms with Gasteiger partial charge < -0.3 is 0 Å². The molecule has 1 rings (SSSR count). The van der Waals surface area contributed by atoms with Gasteiger partial charge in [0.25, 0.3) is 10.9 Å². The number of aryl methyl sites for hydroxylation is 1. The Kier molecular flexibility index (Phi) is 3.08. The molecular weight excluding hydrogens is 229 g/mol. The van der Waals surface area contributed by atoms with Crippen LogP contribution in [0.4, 0.5) is 5.69 Å². The van der Waals surface area contributed by atoms with E-state index in [0.717, 1.165) is 6.07 Å². The summed E-state index contributed by atoms with van der Waals surface area (Å²) in [5, 5.41) is 9.80. The number of rotatable bonds is 2. The predicted octanol–water partition coefficient (Wildman–Crippen LogP) is 2.94. The van der Waals surface area contributed by atoms with Crippen LogP contribution >= 0.6 is 23.2 Å². The summed E-state index contributed by atoms with van der Waals surface area (Å²) in [4.78, 5) is 20.6. The minimum absolute atomic E-state index is 0.0247. The molecule has 0 unspecified atom stereocenters. The first-order valence-corrected chi connectivity index (χ1v) is 4.33. The smallest absolute Gasteiger partial charge is 0.276 e. The number of nitro benzene ring substituents is 1. The second-order valence-corrected chi connectivity index (χ2v) is 3.38. The summed E-state index contributed by atoms with van der Waals surface area (Å²) in [5.74, 6) is 0. The fourth-order valence-corrected chi connectivity index (χ4v) is 1.28. The Morgan fingerprint density at radius 3 is 2.50 bits per heavy atom. The average Bonchev–Trinajstić information content (AvgIpc) is 2.08. The highest BCUT2D eigenvalue weighted by molar-refractivity contribution is 6.67. The maximum Gasteiger partial charge on any atom is 0.288 e. The fourth-order valence-electron chi connectivity index (χ4n) is 0.997. The molecule has 0 aliphatic rings. The summed E-state index contributed by atoms with van der Waals surface area (Å²) in [6, 6.07) is 2.47. The number of hydrogen-bond donors (Lipinski definition) is 0. The number of carbonyl (C=O) groups is 1. The molecule has 0 N–H and O–H groups in total. The van der Waals surface area contributed by atoms with Gasteiger partial charge in [-0.15, -0.1) is 0 Å². The Hall–Kier alpha value is -1.13. The van der Waals surface area contributed by atoms with E-state index in [2.05, 4.69) is 0 Å². The normalized spacial score (nSPS) is 9.93. The summed E-state index contributed by atoms with van der Waals surface area (Å²) >= 11 is 10.9. The lowest BCUT2D eigenvalue weighted by atomic mass is 10.1. The number of carbonyl (C=O) groups excluding carboxylic acids is 1. The van der Waals surface area contributed by atoms with Gasteiger partial charge in [0, 0.05) is 11.6 Å². The Morgan fingerprint density at radius 2 is 2.07 bits per heavy atom. The van der Waals surface area contributed by atoms with E-state index in [9.17, 15) is 14.9 Å². The molecule has 0 saturated carbocycles. The van der Waals surface area contributed by atoms with Crippen molar-refractivity contribution in [2.45, 2.75) is 6.92 Å². The van der Waals surface area contributed by atoms with Crippen molar-refractivity contribution in [1.82, 2.24) is 0 Å². The van der Waals surface area contributed by atoms with Gasteiger partial charge >= 0.3 is 0 Å². The molecule has 0 saturated heterocycles. The zero-order valence-electron chi connectivity index (χ0n) is 7.08. The van der Waals surface area contributed by atoms with E-state index in [1.54, 1.807) is 6.92 Å². The van der Waals surface area contributed by atoms with Gasteiger partial charge in [-0.25, -0.2) is 0 Å². The number of nitro groups is 1. The van der Waals surface area contributed by atoms with Crippen LogP contribution in [-0.4, -0.2) is 10.2 Å². The van der Waals surface area contributed by atoms with Gasteiger partial charge in [0.2, 0.25) is 0 Å². The second-order valence-electron chi connectivity index (χ2n) is 2.66. The van der Waals surface area contributed by atoms with Crippen molar-refractivity contribution in [2.75, 3.05) is 0 Å². The molecule has 0 aliphatic carbocycles. The van der Waals surface area contributed by atoms with Crippen molar-refractivity contribution in [2.24, 2.45) is 0 Å². The molecular formula is C8H5Cl2NO3. The maximum absolute atomic E-state index is 10.8. The number of benzene rings is 1. The molecule has 4 nitrogen and oxygen atoms in total. The van der Waals surface area contributed by atoms with Gasteiger partial charge in [-0.2, -0.15) is 0 Å². The zero-order chi connectivity index (χ0) is 10.9. The number of hydrogen-bond acceptors (Lipinski definition) is 3. The third-order valence-corrected chi connectivity index (χ3v) is 2.37. The fraction of sp³-hybridized carbons (Fsp3) is 0.125. The van der Waals surface area contributed by atoms with Crippen LogP contribution in [0.15, 0.2) is 12.1 Å². The minimum Gasteiger partial charge on any atom is -0.276 e. The molecule has 0 heterocycles. The van der Waals surface area contributed by atoms with Gasteiger partial charge in [0.1, 0.15) is 5.02 Å². The Balaban J connectivity index is 3.43. The van der Waals surface area contributed by atoms with Gasteiger partial charge in [-0.1, -0.05) is 11.6 Å². The van der Waals surface area contributed by atoms with Crippen molar-refractivity contribution >= 4 is 34.1 Å². The summed E-state index contributed by atoms with van der Waals surface area (Å²) in [6.45, 7) is 1.57. The van der Waals surface area contributed by atoms with Crippen LogP contribution in [-0.2, 0) is 0 Å². The van der Waals surface area contributed by atoms with Crippen molar-refractivity contribution < 1.29 is 9.72 Å². The summed E-state index contributed by atoms with van der Waals surface area (Å²) in [6.07, 6.45) is 0. The molecule has 14 heavy (non-hydrogen) atoms. The molecule has 0 amide bonds. The molecule has 0 radical (unpaired) electrons. The third kappa shape index (κ3) is 2.02. The monoisotopic (exact) mass is 233 g/mol. The van der Waals surface area contributed by atoms with E-state index in [4.69, 9.17) is 23.2 Å². The van der Waals surface area contributed by atoms with Gasteiger partial charge in [0.05, 0.1) is 4.92 Å². The summed E-state index contributed by atoms with van der Waals surface area (Å²) < 4.78 is 0. The van der Waals surface area contributed by atoms with Crippen LogP contribution in [0.1, 0.15) is 15.9 Å². The first kappa shape index (κ1) is 10.9. The molecule has 0 bridgehead atoms. The van der Waals surface area contributed by atoms with E-state index in [0.29, 0.717) is 5.56 Å². The predicted molar refractivity (Wildman–Crippen MR) is 53.0 cm³/mol. The van der Waals surface area contributed by atoms with Crippen LogP contribution in [0.2, 0.25) is 5.02 Å². The third-order valence-electron chi connectivity index (χ3n) is 1.66. The highest BCUT2D eigenvalue weighted by Crippen LogP contribution is 2.29. The Morgan fingerprint density at radius 1 is 1.50 bits per heavy atom. The van der Waals surface area contributed by atoms with Crippen molar-refractivity contribution in [1.29, 1.82) is 0 Å². The SMILES string of the molecule is Cc1cc(C(=O)Cl)cc([N+](=O)[O-])c1Cl. The highest BCUT2D eigenvalue weighted by Gasteiger charge is 2.17. The molecule has 0 aliphatic heterocycles. The first-order valence-electron chi connectivity index (χ1n) is 3.58.